The summed E-state index contributed by atoms with van der Waals surface area (Å²) in [5.74, 6) is -0.892. The quantitative estimate of drug-likeness (QED) is 0.779. The van der Waals surface area contributed by atoms with Crippen LogP contribution in [0.5, 0.6) is 0 Å². The number of nitrogens with one attached hydrogen (secondary N) is 3. The highest BCUT2D eigenvalue weighted by Gasteiger charge is 2.21. The van der Waals surface area contributed by atoms with Gasteiger partial charge in [0.05, 0.1) is 12.6 Å². The molecule has 3 amide bonds. The normalized spacial score (nSPS) is 11.9. The maximum absolute atomic E-state index is 14.0. The lowest BCUT2D eigenvalue weighted by Gasteiger charge is -2.23. The van der Waals surface area contributed by atoms with Gasteiger partial charge in [0, 0.05) is 17.6 Å². The summed E-state index contributed by atoms with van der Waals surface area (Å²) < 4.78 is 14.0. The van der Waals surface area contributed by atoms with E-state index in [-0.39, 0.29) is 12.5 Å². The van der Waals surface area contributed by atoms with E-state index in [4.69, 9.17) is 11.6 Å². The molecule has 0 heterocycles. The highest BCUT2D eigenvalue weighted by molar-refractivity contribution is 6.30. The first-order valence-electron chi connectivity index (χ1n) is 6.55. The SMILES string of the molecule is CNC(=O)NCC(=O)NC(c1ccc(Cl)cc1F)C(C)C. The molecule has 0 fully saturated rings. The summed E-state index contributed by atoms with van der Waals surface area (Å²) in [7, 11) is 1.45. The van der Waals surface area contributed by atoms with Crippen molar-refractivity contribution in [2.45, 2.75) is 19.9 Å². The average molecular weight is 316 g/mol. The van der Waals surface area contributed by atoms with Gasteiger partial charge in [-0.25, -0.2) is 9.18 Å². The minimum absolute atomic E-state index is 0.0235. The number of amides is 3. The van der Waals surface area contributed by atoms with Crippen LogP contribution >= 0.6 is 11.6 Å². The number of carbonyl (C=O) groups excluding carboxylic acids is 2. The van der Waals surface area contributed by atoms with Crippen LogP contribution in [0.15, 0.2) is 18.2 Å². The zero-order valence-corrected chi connectivity index (χ0v) is 12.9. The molecule has 1 unspecified atom stereocenters. The van der Waals surface area contributed by atoms with Gasteiger partial charge in [0.15, 0.2) is 0 Å². The van der Waals surface area contributed by atoms with E-state index in [1.54, 1.807) is 12.1 Å². The van der Waals surface area contributed by atoms with Crippen LogP contribution in [0.3, 0.4) is 0 Å². The van der Waals surface area contributed by atoms with Crippen LogP contribution < -0.4 is 16.0 Å². The molecule has 116 valence electrons. The molecule has 0 saturated carbocycles. The Morgan fingerprint density at radius 1 is 1.33 bits per heavy atom. The van der Waals surface area contributed by atoms with E-state index >= 15 is 0 Å². The monoisotopic (exact) mass is 315 g/mol. The molecule has 0 spiro atoms. The third-order valence-corrected chi connectivity index (χ3v) is 3.15. The number of hydrogen-bond acceptors (Lipinski definition) is 2. The summed E-state index contributed by atoms with van der Waals surface area (Å²) in [6.07, 6.45) is 0. The fourth-order valence-corrected chi connectivity index (χ4v) is 1.99. The van der Waals surface area contributed by atoms with E-state index < -0.39 is 23.8 Å². The molecular formula is C14H19ClFN3O2. The Morgan fingerprint density at radius 2 is 2.00 bits per heavy atom. The van der Waals surface area contributed by atoms with Gasteiger partial charge in [0.25, 0.3) is 0 Å². The number of hydrogen-bond donors (Lipinski definition) is 3. The number of carbonyl (C=O) groups is 2. The summed E-state index contributed by atoms with van der Waals surface area (Å²) in [4.78, 5) is 22.8. The summed E-state index contributed by atoms with van der Waals surface area (Å²) in [5, 5.41) is 7.72. The number of benzene rings is 1. The second-order valence-corrected chi connectivity index (χ2v) is 5.32. The molecule has 7 heteroatoms. The number of halogens is 2. The van der Waals surface area contributed by atoms with Gasteiger partial charge in [-0.2, -0.15) is 0 Å². The van der Waals surface area contributed by atoms with Crippen molar-refractivity contribution < 1.29 is 14.0 Å². The van der Waals surface area contributed by atoms with E-state index in [0.29, 0.717) is 10.6 Å². The van der Waals surface area contributed by atoms with Gasteiger partial charge in [0.2, 0.25) is 5.91 Å². The van der Waals surface area contributed by atoms with Crippen molar-refractivity contribution in [1.29, 1.82) is 0 Å². The van der Waals surface area contributed by atoms with Gasteiger partial charge in [-0.15, -0.1) is 0 Å². The van der Waals surface area contributed by atoms with Crippen molar-refractivity contribution in [3.8, 4) is 0 Å². The van der Waals surface area contributed by atoms with Crippen molar-refractivity contribution in [3.05, 3.63) is 34.6 Å². The lowest BCUT2D eigenvalue weighted by atomic mass is 9.95. The minimum atomic E-state index is -0.499. The Labute approximate surface area is 128 Å². The van der Waals surface area contributed by atoms with Gasteiger partial charge in [0.1, 0.15) is 5.82 Å². The van der Waals surface area contributed by atoms with Crippen LogP contribution in [0.25, 0.3) is 0 Å². The zero-order chi connectivity index (χ0) is 16.0. The van der Waals surface area contributed by atoms with E-state index in [9.17, 15) is 14.0 Å². The molecule has 0 aliphatic heterocycles. The van der Waals surface area contributed by atoms with Crippen molar-refractivity contribution in [2.24, 2.45) is 5.92 Å². The molecule has 1 rings (SSSR count). The first-order chi connectivity index (χ1) is 9.85. The molecule has 5 nitrogen and oxygen atoms in total. The summed E-state index contributed by atoms with van der Waals surface area (Å²) in [6.45, 7) is 3.55. The first kappa shape index (κ1) is 17.2. The molecule has 0 saturated heterocycles. The van der Waals surface area contributed by atoms with Gasteiger partial charge in [-0.05, 0) is 18.1 Å². The van der Waals surface area contributed by atoms with Crippen LogP contribution in [-0.4, -0.2) is 25.5 Å². The van der Waals surface area contributed by atoms with Crippen molar-refractivity contribution >= 4 is 23.5 Å². The van der Waals surface area contributed by atoms with Crippen LogP contribution in [0.2, 0.25) is 5.02 Å². The van der Waals surface area contributed by atoms with E-state index in [1.165, 1.54) is 13.1 Å². The zero-order valence-electron chi connectivity index (χ0n) is 12.2. The van der Waals surface area contributed by atoms with Crippen molar-refractivity contribution in [2.75, 3.05) is 13.6 Å². The van der Waals surface area contributed by atoms with Crippen LogP contribution in [0.4, 0.5) is 9.18 Å². The highest BCUT2D eigenvalue weighted by atomic mass is 35.5. The van der Waals surface area contributed by atoms with Crippen LogP contribution in [0.1, 0.15) is 25.5 Å². The second kappa shape index (κ2) is 7.83. The third-order valence-electron chi connectivity index (χ3n) is 2.92. The second-order valence-electron chi connectivity index (χ2n) is 4.89. The summed E-state index contributed by atoms with van der Waals surface area (Å²) >= 11 is 5.73. The third kappa shape index (κ3) is 5.23. The Bertz CT molecular complexity index is 523. The van der Waals surface area contributed by atoms with Gasteiger partial charge in [-0.1, -0.05) is 31.5 Å². The Hall–Kier alpha value is -1.82. The maximum Gasteiger partial charge on any atom is 0.314 e. The molecule has 0 radical (unpaired) electrons. The topological polar surface area (TPSA) is 70.2 Å². The predicted molar refractivity (Wildman–Crippen MR) is 79.6 cm³/mol. The molecule has 3 N–H and O–H groups in total. The fraction of sp³-hybridized carbons (Fsp3) is 0.429. The molecule has 0 aliphatic rings. The molecule has 1 aromatic rings. The molecule has 0 bridgehead atoms. The molecule has 1 aromatic carbocycles. The molecular weight excluding hydrogens is 297 g/mol. The number of urea groups is 1. The van der Waals surface area contributed by atoms with Gasteiger partial charge < -0.3 is 16.0 Å². The smallest absolute Gasteiger partial charge is 0.314 e. The predicted octanol–water partition coefficient (Wildman–Crippen LogP) is 2.22. The molecule has 1 atom stereocenters. The Balaban J connectivity index is 2.78. The van der Waals surface area contributed by atoms with Crippen molar-refractivity contribution in [1.82, 2.24) is 16.0 Å². The average Bonchev–Trinajstić information content (AvgIpc) is 2.42. The van der Waals surface area contributed by atoms with Gasteiger partial charge in [-0.3, -0.25) is 4.79 Å². The Kier molecular flexibility index (Phi) is 6.42. The fourth-order valence-electron chi connectivity index (χ4n) is 1.83. The minimum Gasteiger partial charge on any atom is -0.347 e. The van der Waals surface area contributed by atoms with E-state index in [0.717, 1.165) is 0 Å². The van der Waals surface area contributed by atoms with E-state index in [2.05, 4.69) is 16.0 Å². The molecule has 21 heavy (non-hydrogen) atoms. The highest BCUT2D eigenvalue weighted by Crippen LogP contribution is 2.26. The largest absolute Gasteiger partial charge is 0.347 e. The maximum atomic E-state index is 14.0. The standard InChI is InChI=1S/C14H19ClFN3O2/c1-8(2)13(10-5-4-9(15)6-11(10)16)19-12(20)7-18-14(21)17-3/h4-6,8,13H,7H2,1-3H3,(H,19,20)(H2,17,18,21). The lowest BCUT2D eigenvalue weighted by Crippen LogP contribution is -2.42. The lowest BCUT2D eigenvalue weighted by molar-refractivity contribution is -0.121. The first-order valence-corrected chi connectivity index (χ1v) is 6.92. The van der Waals surface area contributed by atoms with Gasteiger partial charge >= 0.3 is 6.03 Å². The van der Waals surface area contributed by atoms with Crippen molar-refractivity contribution in [3.63, 3.8) is 0 Å². The summed E-state index contributed by atoms with van der Waals surface area (Å²) in [6, 6.07) is 3.38. The van der Waals surface area contributed by atoms with Crippen LogP contribution in [0, 0.1) is 11.7 Å². The molecule has 0 aliphatic carbocycles. The summed E-state index contributed by atoms with van der Waals surface area (Å²) in [5.41, 5.74) is 0.364. The van der Waals surface area contributed by atoms with Crippen LogP contribution in [-0.2, 0) is 4.79 Å². The Morgan fingerprint density at radius 3 is 2.52 bits per heavy atom. The van der Waals surface area contributed by atoms with E-state index in [1.807, 2.05) is 13.8 Å². The molecule has 0 aromatic heterocycles. The number of rotatable bonds is 5.